The molecule has 7 nitrogen and oxygen atoms in total. The average Bonchev–Trinajstić information content (AvgIpc) is 2.57. The molecule has 1 fully saturated rings. The molecular formula is C16H24N2O5S. The molecule has 1 amide bonds. The number of nitrogens with zero attached hydrogens (tertiary/aromatic N) is 1. The standard InChI is InChI=1S/C16H24N2O5S/c1-22-15-4-2-14(3-5-15)12-23-13-16(19)17-6-7-18-8-10-24(20,21)11-9-18/h2-5H,6-13H2,1H3,(H,17,19). The second kappa shape index (κ2) is 9.00. The van der Waals surface area contributed by atoms with E-state index in [9.17, 15) is 13.2 Å². The molecular weight excluding hydrogens is 332 g/mol. The second-order valence-corrected chi connectivity index (χ2v) is 7.99. The van der Waals surface area contributed by atoms with Gasteiger partial charge in [-0.25, -0.2) is 8.42 Å². The van der Waals surface area contributed by atoms with E-state index in [1.165, 1.54) is 0 Å². The Bertz CT molecular complexity index is 616. The first-order chi connectivity index (χ1) is 11.5. The van der Waals surface area contributed by atoms with Crippen LogP contribution in [0, 0.1) is 0 Å². The van der Waals surface area contributed by atoms with Crippen LogP contribution >= 0.6 is 0 Å². The molecule has 8 heteroatoms. The summed E-state index contributed by atoms with van der Waals surface area (Å²) in [6.07, 6.45) is 0. The Morgan fingerprint density at radius 1 is 1.21 bits per heavy atom. The van der Waals surface area contributed by atoms with Gasteiger partial charge in [0.15, 0.2) is 9.84 Å². The fourth-order valence-corrected chi connectivity index (χ4v) is 3.64. The molecule has 0 atom stereocenters. The van der Waals surface area contributed by atoms with Gasteiger partial charge in [0.05, 0.1) is 25.2 Å². The van der Waals surface area contributed by atoms with Crippen LogP contribution in [0.1, 0.15) is 5.56 Å². The van der Waals surface area contributed by atoms with Crippen LogP contribution < -0.4 is 10.1 Å². The fraction of sp³-hybridized carbons (Fsp3) is 0.562. The van der Waals surface area contributed by atoms with Crippen molar-refractivity contribution in [2.45, 2.75) is 6.61 Å². The van der Waals surface area contributed by atoms with Crippen LogP contribution in [0.4, 0.5) is 0 Å². The van der Waals surface area contributed by atoms with Gasteiger partial charge in [-0.15, -0.1) is 0 Å². The zero-order valence-electron chi connectivity index (χ0n) is 13.9. The number of ether oxygens (including phenoxy) is 2. The van der Waals surface area contributed by atoms with Gasteiger partial charge in [0.25, 0.3) is 0 Å². The van der Waals surface area contributed by atoms with Crippen molar-refractivity contribution in [3.05, 3.63) is 29.8 Å². The number of hydrogen-bond donors (Lipinski definition) is 1. The number of sulfone groups is 1. The summed E-state index contributed by atoms with van der Waals surface area (Å²) >= 11 is 0. The number of benzene rings is 1. The lowest BCUT2D eigenvalue weighted by atomic mass is 10.2. The topological polar surface area (TPSA) is 84.9 Å². The van der Waals surface area contributed by atoms with Gasteiger partial charge in [0.2, 0.25) is 5.91 Å². The predicted octanol–water partition coefficient (Wildman–Crippen LogP) is 0.0584. The summed E-state index contributed by atoms with van der Waals surface area (Å²) < 4.78 is 33.1. The van der Waals surface area contributed by atoms with Crippen molar-refractivity contribution < 1.29 is 22.7 Å². The smallest absolute Gasteiger partial charge is 0.246 e. The van der Waals surface area contributed by atoms with Crippen molar-refractivity contribution in [1.82, 2.24) is 10.2 Å². The lowest BCUT2D eigenvalue weighted by Crippen LogP contribution is -2.44. The summed E-state index contributed by atoms with van der Waals surface area (Å²) in [5.41, 5.74) is 0.970. The van der Waals surface area contributed by atoms with E-state index in [4.69, 9.17) is 9.47 Å². The van der Waals surface area contributed by atoms with E-state index in [0.717, 1.165) is 11.3 Å². The summed E-state index contributed by atoms with van der Waals surface area (Å²) in [5.74, 6) is 1.01. The Balaban J connectivity index is 1.56. The van der Waals surface area contributed by atoms with Crippen molar-refractivity contribution in [2.75, 3.05) is 51.4 Å². The molecule has 0 spiro atoms. The van der Waals surface area contributed by atoms with Gasteiger partial charge in [-0.1, -0.05) is 12.1 Å². The number of nitrogens with one attached hydrogen (secondary N) is 1. The molecule has 0 aromatic heterocycles. The van der Waals surface area contributed by atoms with E-state index < -0.39 is 9.84 Å². The Morgan fingerprint density at radius 2 is 1.88 bits per heavy atom. The minimum atomic E-state index is -2.86. The van der Waals surface area contributed by atoms with Gasteiger partial charge in [-0.05, 0) is 17.7 Å². The molecule has 1 aromatic carbocycles. The predicted molar refractivity (Wildman–Crippen MR) is 90.8 cm³/mol. The number of carbonyl (C=O) groups is 1. The molecule has 1 aromatic rings. The van der Waals surface area contributed by atoms with Crippen LogP contribution in [-0.4, -0.2) is 70.6 Å². The van der Waals surface area contributed by atoms with Crippen molar-refractivity contribution in [1.29, 1.82) is 0 Å². The number of methoxy groups -OCH3 is 1. The third-order valence-electron chi connectivity index (χ3n) is 3.85. The number of rotatable bonds is 8. The maximum absolute atomic E-state index is 11.7. The van der Waals surface area contributed by atoms with E-state index in [1.807, 2.05) is 29.2 Å². The number of hydrogen-bond acceptors (Lipinski definition) is 6. The minimum Gasteiger partial charge on any atom is -0.497 e. The Kier molecular flexibility index (Phi) is 7.01. The highest BCUT2D eigenvalue weighted by atomic mass is 32.2. The molecule has 1 aliphatic rings. The molecule has 1 N–H and O–H groups in total. The Labute approximate surface area is 142 Å². The van der Waals surface area contributed by atoms with Gasteiger partial charge in [-0.2, -0.15) is 0 Å². The third-order valence-corrected chi connectivity index (χ3v) is 5.46. The minimum absolute atomic E-state index is 0.000405. The van der Waals surface area contributed by atoms with Gasteiger partial charge >= 0.3 is 0 Å². The maximum atomic E-state index is 11.7. The molecule has 0 bridgehead atoms. The van der Waals surface area contributed by atoms with Gasteiger partial charge in [0.1, 0.15) is 12.4 Å². The molecule has 0 saturated carbocycles. The zero-order valence-corrected chi connectivity index (χ0v) is 14.7. The summed E-state index contributed by atoms with van der Waals surface area (Å²) in [6.45, 7) is 2.57. The van der Waals surface area contributed by atoms with Gasteiger partial charge in [-0.3, -0.25) is 9.69 Å². The Morgan fingerprint density at radius 3 is 2.50 bits per heavy atom. The molecule has 2 rings (SSSR count). The molecule has 0 aliphatic carbocycles. The van der Waals surface area contributed by atoms with Crippen LogP contribution in [0.3, 0.4) is 0 Å². The van der Waals surface area contributed by atoms with Crippen LogP contribution in [0.5, 0.6) is 5.75 Å². The highest BCUT2D eigenvalue weighted by Crippen LogP contribution is 2.11. The summed E-state index contributed by atoms with van der Waals surface area (Å²) in [7, 11) is -1.25. The first kappa shape index (κ1) is 18.7. The molecule has 1 saturated heterocycles. The van der Waals surface area contributed by atoms with Crippen molar-refractivity contribution in [3.63, 3.8) is 0 Å². The van der Waals surface area contributed by atoms with Crippen molar-refractivity contribution in [2.24, 2.45) is 0 Å². The summed E-state index contributed by atoms with van der Waals surface area (Å²) in [4.78, 5) is 13.7. The summed E-state index contributed by atoms with van der Waals surface area (Å²) in [6, 6.07) is 7.47. The first-order valence-electron chi connectivity index (χ1n) is 7.89. The van der Waals surface area contributed by atoms with Crippen LogP contribution in [-0.2, 0) is 26.0 Å². The van der Waals surface area contributed by atoms with E-state index in [2.05, 4.69) is 5.32 Å². The lowest BCUT2D eigenvalue weighted by Gasteiger charge is -2.26. The fourth-order valence-electron chi connectivity index (χ4n) is 2.36. The zero-order chi connectivity index (χ0) is 17.4. The molecule has 1 aliphatic heterocycles. The first-order valence-corrected chi connectivity index (χ1v) is 9.71. The number of carbonyl (C=O) groups excluding carboxylic acids is 1. The lowest BCUT2D eigenvalue weighted by molar-refractivity contribution is -0.126. The molecule has 0 unspecified atom stereocenters. The van der Waals surface area contributed by atoms with E-state index in [-0.39, 0.29) is 24.0 Å². The summed E-state index contributed by atoms with van der Waals surface area (Å²) in [5, 5.41) is 2.78. The molecule has 0 radical (unpaired) electrons. The largest absolute Gasteiger partial charge is 0.497 e. The monoisotopic (exact) mass is 356 g/mol. The van der Waals surface area contributed by atoms with E-state index in [0.29, 0.717) is 32.8 Å². The third kappa shape index (κ3) is 6.46. The van der Waals surface area contributed by atoms with Crippen LogP contribution in [0.2, 0.25) is 0 Å². The van der Waals surface area contributed by atoms with E-state index >= 15 is 0 Å². The highest BCUT2D eigenvalue weighted by Gasteiger charge is 2.20. The quantitative estimate of drug-likeness (QED) is 0.709. The van der Waals surface area contributed by atoms with Crippen molar-refractivity contribution >= 4 is 15.7 Å². The molecule has 1 heterocycles. The Hall–Kier alpha value is -1.64. The molecule has 24 heavy (non-hydrogen) atoms. The maximum Gasteiger partial charge on any atom is 0.246 e. The van der Waals surface area contributed by atoms with Gasteiger partial charge < -0.3 is 14.8 Å². The normalized spacial score (nSPS) is 17.4. The van der Waals surface area contributed by atoms with E-state index in [1.54, 1.807) is 7.11 Å². The highest BCUT2D eigenvalue weighted by molar-refractivity contribution is 7.91. The SMILES string of the molecule is COc1ccc(COCC(=O)NCCN2CCS(=O)(=O)CC2)cc1. The average molecular weight is 356 g/mol. The van der Waals surface area contributed by atoms with Gasteiger partial charge in [0, 0.05) is 26.2 Å². The van der Waals surface area contributed by atoms with Crippen molar-refractivity contribution in [3.8, 4) is 5.75 Å². The van der Waals surface area contributed by atoms with Crippen LogP contribution in [0.15, 0.2) is 24.3 Å². The van der Waals surface area contributed by atoms with Crippen LogP contribution in [0.25, 0.3) is 0 Å². The number of amides is 1. The second-order valence-electron chi connectivity index (χ2n) is 5.68. The molecule has 134 valence electrons.